The van der Waals surface area contributed by atoms with Gasteiger partial charge in [0.2, 0.25) is 5.78 Å². The van der Waals surface area contributed by atoms with Crippen molar-refractivity contribution in [2.45, 2.75) is 5.60 Å². The molecule has 0 aliphatic carbocycles. The van der Waals surface area contributed by atoms with Crippen LogP contribution in [0.5, 0.6) is 0 Å². The van der Waals surface area contributed by atoms with Crippen molar-refractivity contribution in [1.29, 1.82) is 0 Å². The van der Waals surface area contributed by atoms with Gasteiger partial charge in [-0.3, -0.25) is 4.79 Å². The number of carbonyl (C=O) groups excluding carboxylic acids is 1. The molecule has 0 heterocycles. The van der Waals surface area contributed by atoms with Gasteiger partial charge in [0.1, 0.15) is 5.82 Å². The highest BCUT2D eigenvalue weighted by Crippen LogP contribution is 2.34. The maximum atomic E-state index is 14.3. The van der Waals surface area contributed by atoms with Crippen LogP contribution in [-0.2, 0) is 5.60 Å². The van der Waals surface area contributed by atoms with Crippen LogP contribution in [0.4, 0.5) is 4.39 Å². The van der Waals surface area contributed by atoms with Gasteiger partial charge in [0.15, 0.2) is 5.60 Å². The molecule has 0 saturated carbocycles. The first-order valence-electron chi connectivity index (χ1n) is 7.27. The van der Waals surface area contributed by atoms with E-state index in [2.05, 4.69) is 0 Å². The first-order valence-corrected chi connectivity index (χ1v) is 7.27. The van der Waals surface area contributed by atoms with E-state index < -0.39 is 17.2 Å². The summed E-state index contributed by atoms with van der Waals surface area (Å²) in [5.74, 6) is -1.18. The zero-order chi connectivity index (χ0) is 16.3. The second-order valence-corrected chi connectivity index (χ2v) is 5.25. The molecule has 0 spiro atoms. The highest BCUT2D eigenvalue weighted by atomic mass is 19.1. The second kappa shape index (κ2) is 6.15. The molecule has 1 atom stereocenters. The minimum atomic E-state index is -2.08. The quantitative estimate of drug-likeness (QED) is 0.741. The number of hydrogen-bond acceptors (Lipinski definition) is 2. The van der Waals surface area contributed by atoms with Crippen LogP contribution >= 0.6 is 0 Å². The largest absolute Gasteiger partial charge is 0.373 e. The van der Waals surface area contributed by atoms with Crippen molar-refractivity contribution >= 4 is 5.78 Å². The molecule has 2 nitrogen and oxygen atoms in total. The van der Waals surface area contributed by atoms with Crippen LogP contribution in [0.15, 0.2) is 84.9 Å². The lowest BCUT2D eigenvalue weighted by atomic mass is 9.80. The van der Waals surface area contributed by atoms with E-state index >= 15 is 0 Å². The normalized spacial score (nSPS) is 13.3. The Morgan fingerprint density at radius 2 is 1.30 bits per heavy atom. The molecule has 0 aliphatic rings. The minimum absolute atomic E-state index is 0.0555. The SMILES string of the molecule is O=C(c1ccccc1)C(O)(c1ccccc1)c1ccccc1F. The average Bonchev–Trinajstić information content (AvgIpc) is 2.62. The summed E-state index contributed by atoms with van der Waals surface area (Å²) in [4.78, 5) is 13.0. The number of Topliss-reactive ketones (excluding diaryl/α,β-unsaturated/α-hetero) is 1. The minimum Gasteiger partial charge on any atom is -0.373 e. The number of halogens is 1. The third-order valence-corrected chi connectivity index (χ3v) is 3.82. The van der Waals surface area contributed by atoms with Gasteiger partial charge >= 0.3 is 0 Å². The molecule has 0 bridgehead atoms. The fraction of sp³-hybridized carbons (Fsp3) is 0.0500. The Morgan fingerprint density at radius 3 is 1.91 bits per heavy atom. The first kappa shape index (κ1) is 15.1. The Kier molecular flexibility index (Phi) is 4.04. The van der Waals surface area contributed by atoms with E-state index in [9.17, 15) is 14.3 Å². The van der Waals surface area contributed by atoms with Crippen LogP contribution < -0.4 is 0 Å². The molecule has 0 amide bonds. The molecule has 3 aromatic carbocycles. The molecule has 3 heteroatoms. The van der Waals surface area contributed by atoms with Crippen LogP contribution in [0, 0.1) is 5.82 Å². The molecule has 1 N–H and O–H groups in total. The molecule has 3 rings (SSSR count). The molecule has 0 aromatic heterocycles. The molecule has 1 unspecified atom stereocenters. The molecular formula is C20H15FO2. The monoisotopic (exact) mass is 306 g/mol. The summed E-state index contributed by atoms with van der Waals surface area (Å²) in [6.45, 7) is 0. The molecule has 0 saturated heterocycles. The predicted molar refractivity (Wildman–Crippen MR) is 86.6 cm³/mol. The molecule has 114 valence electrons. The van der Waals surface area contributed by atoms with Crippen molar-refractivity contribution in [1.82, 2.24) is 0 Å². The predicted octanol–water partition coefficient (Wildman–Crippen LogP) is 3.94. The molecule has 3 aromatic rings. The lowest BCUT2D eigenvalue weighted by molar-refractivity contribution is 0.0473. The van der Waals surface area contributed by atoms with Crippen LogP contribution in [0.1, 0.15) is 21.5 Å². The number of hydrogen-bond donors (Lipinski definition) is 1. The van der Waals surface area contributed by atoms with E-state index in [-0.39, 0.29) is 5.56 Å². The van der Waals surface area contributed by atoms with Crippen molar-refractivity contribution < 1.29 is 14.3 Å². The van der Waals surface area contributed by atoms with E-state index in [0.717, 1.165) is 0 Å². The van der Waals surface area contributed by atoms with Crippen LogP contribution in [-0.4, -0.2) is 10.9 Å². The van der Waals surface area contributed by atoms with Crippen LogP contribution in [0.25, 0.3) is 0 Å². The lowest BCUT2D eigenvalue weighted by Crippen LogP contribution is -2.38. The Bertz CT molecular complexity index is 815. The van der Waals surface area contributed by atoms with Gasteiger partial charge in [0.05, 0.1) is 0 Å². The van der Waals surface area contributed by atoms with Crippen LogP contribution in [0.2, 0.25) is 0 Å². The van der Waals surface area contributed by atoms with Gasteiger partial charge in [-0.1, -0.05) is 78.9 Å². The van der Waals surface area contributed by atoms with Gasteiger partial charge in [0.25, 0.3) is 0 Å². The second-order valence-electron chi connectivity index (χ2n) is 5.25. The highest BCUT2D eigenvalue weighted by molar-refractivity contribution is 6.05. The number of carbonyl (C=O) groups is 1. The Hall–Kier alpha value is -2.78. The van der Waals surface area contributed by atoms with E-state index in [0.29, 0.717) is 11.1 Å². The summed E-state index contributed by atoms with van der Waals surface area (Å²) >= 11 is 0. The van der Waals surface area contributed by atoms with E-state index in [4.69, 9.17) is 0 Å². The van der Waals surface area contributed by atoms with Gasteiger partial charge < -0.3 is 5.11 Å². The molecular weight excluding hydrogens is 291 g/mol. The lowest BCUT2D eigenvalue weighted by Gasteiger charge is -2.28. The number of rotatable bonds is 4. The van der Waals surface area contributed by atoms with Crippen molar-refractivity contribution in [2.24, 2.45) is 0 Å². The summed E-state index contributed by atoms with van der Waals surface area (Å²) in [6, 6.07) is 22.6. The van der Waals surface area contributed by atoms with Crippen molar-refractivity contribution in [2.75, 3.05) is 0 Å². The van der Waals surface area contributed by atoms with Crippen molar-refractivity contribution in [3.63, 3.8) is 0 Å². The Labute approximate surface area is 133 Å². The van der Waals surface area contributed by atoms with Gasteiger partial charge in [-0.2, -0.15) is 0 Å². The van der Waals surface area contributed by atoms with E-state index in [1.54, 1.807) is 66.7 Å². The molecule has 23 heavy (non-hydrogen) atoms. The fourth-order valence-electron chi connectivity index (χ4n) is 2.64. The standard InChI is InChI=1S/C20H15FO2/c21-18-14-8-7-13-17(18)20(23,16-11-5-2-6-12-16)19(22)15-9-3-1-4-10-15/h1-14,23H. The zero-order valence-electron chi connectivity index (χ0n) is 12.3. The van der Waals surface area contributed by atoms with Gasteiger partial charge in [-0.05, 0) is 11.6 Å². The first-order chi connectivity index (χ1) is 11.1. The summed E-state index contributed by atoms with van der Waals surface area (Å²) in [6.07, 6.45) is 0. The third kappa shape index (κ3) is 2.67. The van der Waals surface area contributed by atoms with Gasteiger partial charge in [-0.15, -0.1) is 0 Å². The Balaban J connectivity index is 2.23. The topological polar surface area (TPSA) is 37.3 Å². The maximum Gasteiger partial charge on any atom is 0.203 e. The van der Waals surface area contributed by atoms with Crippen molar-refractivity contribution in [3.8, 4) is 0 Å². The van der Waals surface area contributed by atoms with Gasteiger partial charge in [-0.25, -0.2) is 4.39 Å². The van der Waals surface area contributed by atoms with E-state index in [1.807, 2.05) is 0 Å². The van der Waals surface area contributed by atoms with E-state index in [1.165, 1.54) is 18.2 Å². The fourth-order valence-corrected chi connectivity index (χ4v) is 2.64. The molecule has 0 aliphatic heterocycles. The summed E-state index contributed by atoms with van der Waals surface area (Å²) in [7, 11) is 0. The van der Waals surface area contributed by atoms with Crippen molar-refractivity contribution in [3.05, 3.63) is 107 Å². The molecule has 0 fully saturated rings. The highest BCUT2D eigenvalue weighted by Gasteiger charge is 2.42. The van der Waals surface area contributed by atoms with Gasteiger partial charge in [0, 0.05) is 11.1 Å². The number of aliphatic hydroxyl groups is 1. The third-order valence-electron chi connectivity index (χ3n) is 3.82. The average molecular weight is 306 g/mol. The maximum absolute atomic E-state index is 14.3. The molecule has 0 radical (unpaired) electrons. The zero-order valence-corrected chi connectivity index (χ0v) is 12.3. The summed E-state index contributed by atoms with van der Waals surface area (Å²) < 4.78 is 14.3. The number of benzene rings is 3. The summed E-state index contributed by atoms with van der Waals surface area (Å²) in [5, 5.41) is 11.3. The summed E-state index contributed by atoms with van der Waals surface area (Å²) in [5.41, 5.74) is -1.48. The Morgan fingerprint density at radius 1 is 0.783 bits per heavy atom. The van der Waals surface area contributed by atoms with Crippen LogP contribution in [0.3, 0.4) is 0 Å². The smallest absolute Gasteiger partial charge is 0.203 e. The number of ketones is 1.